The van der Waals surface area contributed by atoms with Gasteiger partial charge in [0.2, 0.25) is 0 Å². The summed E-state index contributed by atoms with van der Waals surface area (Å²) >= 11 is 0. The summed E-state index contributed by atoms with van der Waals surface area (Å²) in [6.07, 6.45) is 3.71. The predicted molar refractivity (Wildman–Crippen MR) is 88.9 cm³/mol. The Morgan fingerprint density at radius 2 is 1.52 bits per heavy atom. The Morgan fingerprint density at radius 3 is 1.96 bits per heavy atom. The van der Waals surface area contributed by atoms with Crippen molar-refractivity contribution in [3.8, 4) is 5.75 Å². The van der Waals surface area contributed by atoms with Crippen LogP contribution in [0.2, 0.25) is 0 Å². The van der Waals surface area contributed by atoms with Gasteiger partial charge in [-0.25, -0.2) is 4.79 Å². The Balaban J connectivity index is 2.04. The smallest absolute Gasteiger partial charge is 0.338 e. The maximum absolute atomic E-state index is 11.4. The van der Waals surface area contributed by atoms with Crippen LogP contribution in [0.25, 0.3) is 12.2 Å². The van der Waals surface area contributed by atoms with Gasteiger partial charge in [-0.1, -0.05) is 30.9 Å². The first-order valence-corrected chi connectivity index (χ1v) is 6.86. The van der Waals surface area contributed by atoms with E-state index in [0.717, 1.165) is 11.1 Å². The van der Waals surface area contributed by atoms with E-state index in [1.807, 2.05) is 24.3 Å². The number of carbonyl (C=O) groups excluding carboxylic acids is 1. The molecule has 2 aromatic rings. The largest absolute Gasteiger partial charge is 0.423 e. The molecule has 0 aliphatic heterocycles. The number of nitro groups is 1. The van der Waals surface area contributed by atoms with E-state index in [2.05, 4.69) is 6.58 Å². The minimum absolute atomic E-state index is 0.0610. The second-order valence-corrected chi connectivity index (χ2v) is 4.92. The first-order chi connectivity index (χ1) is 11.0. The van der Waals surface area contributed by atoms with Gasteiger partial charge in [0, 0.05) is 17.7 Å². The minimum atomic E-state index is -0.459. The molecule has 0 aromatic heterocycles. The molecule has 2 aromatic carbocycles. The molecule has 0 heterocycles. The van der Waals surface area contributed by atoms with E-state index in [1.165, 1.54) is 12.1 Å². The maximum Gasteiger partial charge on any atom is 0.338 e. The van der Waals surface area contributed by atoms with E-state index in [4.69, 9.17) is 4.74 Å². The zero-order valence-electron chi connectivity index (χ0n) is 12.6. The standard InChI is InChI=1S/C18H15NO4/c1-13(2)18(20)23-17-11-7-15(8-12-17)4-3-14-5-9-16(10-6-14)19(21)22/h3-12H,1H2,2H3/b4-3+. The van der Waals surface area contributed by atoms with Crippen LogP contribution in [-0.4, -0.2) is 10.9 Å². The van der Waals surface area contributed by atoms with Crippen molar-refractivity contribution in [1.29, 1.82) is 0 Å². The van der Waals surface area contributed by atoms with E-state index in [9.17, 15) is 14.9 Å². The Bertz CT molecular complexity index is 759. The number of rotatable bonds is 5. The van der Waals surface area contributed by atoms with Crippen LogP contribution in [0, 0.1) is 10.1 Å². The molecule has 0 N–H and O–H groups in total. The third-order valence-corrected chi connectivity index (χ3v) is 3.01. The molecule has 0 amide bonds. The van der Waals surface area contributed by atoms with Crippen molar-refractivity contribution < 1.29 is 14.5 Å². The summed E-state index contributed by atoms with van der Waals surface area (Å²) in [5.74, 6) is -0.00958. The van der Waals surface area contributed by atoms with E-state index in [-0.39, 0.29) is 5.69 Å². The Kier molecular flexibility index (Phi) is 5.04. The van der Waals surface area contributed by atoms with Gasteiger partial charge in [0.25, 0.3) is 5.69 Å². The first-order valence-electron chi connectivity index (χ1n) is 6.86. The second kappa shape index (κ2) is 7.17. The fraction of sp³-hybridized carbons (Fsp3) is 0.0556. The molecule has 2 rings (SSSR count). The number of ether oxygens (including phenoxy) is 1. The number of carbonyl (C=O) groups is 1. The Labute approximate surface area is 133 Å². The fourth-order valence-corrected chi connectivity index (χ4v) is 1.74. The summed E-state index contributed by atoms with van der Waals surface area (Å²) in [7, 11) is 0. The first kappa shape index (κ1) is 16.2. The lowest BCUT2D eigenvalue weighted by atomic mass is 10.1. The molecule has 0 fully saturated rings. The quantitative estimate of drug-likeness (QED) is 0.207. The molecule has 0 radical (unpaired) electrons. The average Bonchev–Trinajstić information content (AvgIpc) is 2.54. The summed E-state index contributed by atoms with van der Waals surface area (Å²) in [6.45, 7) is 5.11. The van der Waals surface area contributed by atoms with Gasteiger partial charge in [-0.2, -0.15) is 0 Å². The van der Waals surface area contributed by atoms with Gasteiger partial charge in [-0.3, -0.25) is 10.1 Å². The normalized spacial score (nSPS) is 10.5. The number of hydrogen-bond acceptors (Lipinski definition) is 4. The van der Waals surface area contributed by atoms with Crippen LogP contribution < -0.4 is 4.74 Å². The van der Waals surface area contributed by atoms with Gasteiger partial charge in [0.05, 0.1) is 4.92 Å². The lowest BCUT2D eigenvalue weighted by Gasteiger charge is -2.03. The van der Waals surface area contributed by atoms with E-state index in [1.54, 1.807) is 31.2 Å². The number of benzene rings is 2. The molecule has 0 bridgehead atoms. The fourth-order valence-electron chi connectivity index (χ4n) is 1.74. The van der Waals surface area contributed by atoms with Gasteiger partial charge in [-0.15, -0.1) is 0 Å². The molecule has 0 unspecified atom stereocenters. The van der Waals surface area contributed by atoms with Gasteiger partial charge in [0.1, 0.15) is 5.75 Å². The van der Waals surface area contributed by atoms with Crippen LogP contribution in [0.5, 0.6) is 5.75 Å². The molecule has 0 saturated heterocycles. The number of nitro benzene ring substituents is 1. The summed E-state index contributed by atoms with van der Waals surface area (Å²) < 4.78 is 5.10. The van der Waals surface area contributed by atoms with Gasteiger partial charge < -0.3 is 4.74 Å². The number of non-ortho nitro benzene ring substituents is 1. The van der Waals surface area contributed by atoms with Crippen molar-refractivity contribution in [3.05, 3.63) is 81.9 Å². The molecule has 0 atom stereocenters. The number of hydrogen-bond donors (Lipinski definition) is 0. The molecule has 5 heteroatoms. The van der Waals surface area contributed by atoms with Gasteiger partial charge in [-0.05, 0) is 42.3 Å². The highest BCUT2D eigenvalue weighted by molar-refractivity contribution is 5.88. The minimum Gasteiger partial charge on any atom is -0.423 e. The number of nitrogens with zero attached hydrogens (tertiary/aromatic N) is 1. The summed E-state index contributed by atoms with van der Waals surface area (Å²) in [4.78, 5) is 21.6. The molecule has 23 heavy (non-hydrogen) atoms. The van der Waals surface area contributed by atoms with Crippen LogP contribution in [0.1, 0.15) is 18.1 Å². The van der Waals surface area contributed by atoms with E-state index < -0.39 is 10.9 Å². The van der Waals surface area contributed by atoms with Gasteiger partial charge >= 0.3 is 5.97 Å². The Morgan fingerprint density at radius 1 is 1.04 bits per heavy atom. The van der Waals surface area contributed by atoms with Crippen LogP contribution in [0.3, 0.4) is 0 Å². The average molecular weight is 309 g/mol. The second-order valence-electron chi connectivity index (χ2n) is 4.92. The predicted octanol–water partition coefficient (Wildman–Crippen LogP) is 4.25. The van der Waals surface area contributed by atoms with Crippen molar-refractivity contribution in [2.75, 3.05) is 0 Å². The van der Waals surface area contributed by atoms with E-state index in [0.29, 0.717) is 11.3 Å². The number of esters is 1. The molecular formula is C18H15NO4. The monoisotopic (exact) mass is 309 g/mol. The Hall–Kier alpha value is -3.21. The molecule has 0 saturated carbocycles. The third kappa shape index (κ3) is 4.64. The maximum atomic E-state index is 11.4. The van der Waals surface area contributed by atoms with E-state index >= 15 is 0 Å². The molecular weight excluding hydrogens is 294 g/mol. The summed E-state index contributed by atoms with van der Waals surface area (Å²) in [5.41, 5.74) is 2.17. The molecule has 0 aliphatic carbocycles. The highest BCUT2D eigenvalue weighted by atomic mass is 16.6. The van der Waals surface area contributed by atoms with Gasteiger partial charge in [0.15, 0.2) is 0 Å². The molecule has 0 spiro atoms. The summed E-state index contributed by atoms with van der Waals surface area (Å²) in [5, 5.41) is 10.6. The van der Waals surface area contributed by atoms with Crippen LogP contribution in [0.4, 0.5) is 5.69 Å². The topological polar surface area (TPSA) is 69.4 Å². The van der Waals surface area contributed by atoms with Crippen molar-refractivity contribution >= 4 is 23.8 Å². The SMILES string of the molecule is C=C(C)C(=O)Oc1ccc(/C=C/c2ccc([N+](=O)[O-])cc2)cc1. The molecule has 5 nitrogen and oxygen atoms in total. The van der Waals surface area contributed by atoms with Crippen molar-refractivity contribution in [2.45, 2.75) is 6.92 Å². The lowest BCUT2D eigenvalue weighted by Crippen LogP contribution is -2.07. The summed E-state index contributed by atoms with van der Waals surface area (Å²) in [6, 6.07) is 13.3. The molecule has 0 aliphatic rings. The third-order valence-electron chi connectivity index (χ3n) is 3.01. The van der Waals surface area contributed by atoms with Crippen molar-refractivity contribution in [2.24, 2.45) is 0 Å². The lowest BCUT2D eigenvalue weighted by molar-refractivity contribution is -0.384. The molecule has 116 valence electrons. The zero-order valence-corrected chi connectivity index (χ0v) is 12.6. The van der Waals surface area contributed by atoms with Crippen LogP contribution in [-0.2, 0) is 4.79 Å². The highest BCUT2D eigenvalue weighted by Crippen LogP contribution is 2.17. The highest BCUT2D eigenvalue weighted by Gasteiger charge is 2.04. The van der Waals surface area contributed by atoms with Crippen LogP contribution in [0.15, 0.2) is 60.7 Å². The van der Waals surface area contributed by atoms with Crippen molar-refractivity contribution in [3.63, 3.8) is 0 Å². The zero-order chi connectivity index (χ0) is 16.8. The van der Waals surface area contributed by atoms with Crippen molar-refractivity contribution in [1.82, 2.24) is 0 Å². The van der Waals surface area contributed by atoms with Crippen LogP contribution >= 0.6 is 0 Å².